The van der Waals surface area contributed by atoms with E-state index >= 15 is 0 Å². The number of carboxylic acid groups (broad SMARTS) is 1. The number of imide groups is 1. The molecule has 112 valence electrons. The van der Waals surface area contributed by atoms with Crippen molar-refractivity contribution in [1.29, 1.82) is 0 Å². The van der Waals surface area contributed by atoms with Gasteiger partial charge in [0.15, 0.2) is 0 Å². The summed E-state index contributed by atoms with van der Waals surface area (Å²) in [5.41, 5.74) is 0. The predicted molar refractivity (Wildman–Crippen MR) is 65.6 cm³/mol. The second-order valence-electron chi connectivity index (χ2n) is 4.32. The van der Waals surface area contributed by atoms with Crippen molar-refractivity contribution in [3.63, 3.8) is 0 Å². The highest BCUT2D eigenvalue weighted by atomic mass is 16.4. The van der Waals surface area contributed by atoms with E-state index in [1.54, 1.807) is 6.92 Å². The first-order chi connectivity index (χ1) is 9.40. The minimum absolute atomic E-state index is 0.161. The van der Waals surface area contributed by atoms with Crippen LogP contribution < -0.4 is 10.6 Å². The number of urea groups is 1. The van der Waals surface area contributed by atoms with Crippen molar-refractivity contribution < 1.29 is 29.4 Å². The molecule has 4 N–H and O–H groups in total. The van der Waals surface area contributed by atoms with Gasteiger partial charge in [-0.2, -0.15) is 0 Å². The molecule has 2 unspecified atom stereocenters. The van der Waals surface area contributed by atoms with E-state index in [-0.39, 0.29) is 13.0 Å². The Hall–Kier alpha value is -2.16. The first kappa shape index (κ1) is 15.9. The van der Waals surface area contributed by atoms with Gasteiger partial charge in [0, 0.05) is 13.0 Å². The number of hydrogen-bond donors (Lipinski definition) is 4. The Morgan fingerprint density at radius 3 is 2.65 bits per heavy atom. The highest BCUT2D eigenvalue weighted by molar-refractivity contribution is 6.04. The van der Waals surface area contributed by atoms with Crippen molar-refractivity contribution in [3.05, 3.63) is 0 Å². The molecule has 0 bridgehead atoms. The highest BCUT2D eigenvalue weighted by Crippen LogP contribution is 2.10. The van der Waals surface area contributed by atoms with Crippen LogP contribution in [0.4, 0.5) is 4.79 Å². The van der Waals surface area contributed by atoms with E-state index in [0.29, 0.717) is 6.42 Å². The average molecular weight is 287 g/mol. The summed E-state index contributed by atoms with van der Waals surface area (Å²) in [5.74, 6) is -2.51. The first-order valence-corrected chi connectivity index (χ1v) is 6.15. The molecule has 1 fully saturated rings. The quantitative estimate of drug-likeness (QED) is 0.443. The fraction of sp³-hybridized carbons (Fsp3) is 0.636. The number of carbonyl (C=O) groups excluding carboxylic acids is 3. The molecule has 0 spiro atoms. The number of rotatable bonds is 5. The molecule has 1 saturated heterocycles. The molecular weight excluding hydrogens is 270 g/mol. The second-order valence-corrected chi connectivity index (χ2v) is 4.32. The van der Waals surface area contributed by atoms with Gasteiger partial charge in [-0.1, -0.05) is 6.92 Å². The zero-order valence-corrected chi connectivity index (χ0v) is 11.0. The van der Waals surface area contributed by atoms with Gasteiger partial charge in [-0.3, -0.25) is 14.9 Å². The fourth-order valence-corrected chi connectivity index (χ4v) is 1.90. The van der Waals surface area contributed by atoms with E-state index in [9.17, 15) is 19.2 Å². The van der Waals surface area contributed by atoms with Crippen molar-refractivity contribution in [2.24, 2.45) is 0 Å². The molecule has 0 aromatic rings. The SMILES string of the molecule is CCC1C(=O)NC(=O)CN1C(=O)NC(CCO)C(=O)O. The zero-order chi connectivity index (χ0) is 15.3. The molecule has 0 aliphatic carbocycles. The Morgan fingerprint density at radius 2 is 2.15 bits per heavy atom. The van der Waals surface area contributed by atoms with E-state index in [2.05, 4.69) is 10.6 Å². The van der Waals surface area contributed by atoms with Crippen LogP contribution in [0.3, 0.4) is 0 Å². The van der Waals surface area contributed by atoms with Crippen molar-refractivity contribution >= 4 is 23.8 Å². The van der Waals surface area contributed by atoms with Gasteiger partial charge in [-0.15, -0.1) is 0 Å². The van der Waals surface area contributed by atoms with Crippen molar-refractivity contribution in [2.45, 2.75) is 31.8 Å². The summed E-state index contributed by atoms with van der Waals surface area (Å²) in [6, 6.07) is -2.91. The Morgan fingerprint density at radius 1 is 1.50 bits per heavy atom. The molecule has 0 aromatic carbocycles. The van der Waals surface area contributed by atoms with E-state index in [4.69, 9.17) is 10.2 Å². The molecule has 0 radical (unpaired) electrons. The third-order valence-corrected chi connectivity index (χ3v) is 2.92. The van der Waals surface area contributed by atoms with Gasteiger partial charge in [0.25, 0.3) is 0 Å². The summed E-state index contributed by atoms with van der Waals surface area (Å²) < 4.78 is 0. The number of aliphatic hydroxyl groups excluding tert-OH is 1. The summed E-state index contributed by atoms with van der Waals surface area (Å²) in [7, 11) is 0. The number of piperazine rings is 1. The predicted octanol–water partition coefficient (Wildman–Crippen LogP) is -1.73. The average Bonchev–Trinajstić information content (AvgIpc) is 2.37. The summed E-state index contributed by atoms with van der Waals surface area (Å²) >= 11 is 0. The van der Waals surface area contributed by atoms with E-state index in [1.807, 2.05) is 0 Å². The summed E-state index contributed by atoms with van der Waals surface area (Å²) in [6.45, 7) is 0.943. The number of nitrogens with zero attached hydrogens (tertiary/aromatic N) is 1. The van der Waals surface area contributed by atoms with Crippen LogP contribution in [0.5, 0.6) is 0 Å². The zero-order valence-electron chi connectivity index (χ0n) is 11.0. The van der Waals surface area contributed by atoms with Gasteiger partial charge < -0.3 is 20.4 Å². The molecule has 0 saturated carbocycles. The number of hydrogen-bond acceptors (Lipinski definition) is 5. The lowest BCUT2D eigenvalue weighted by molar-refractivity contribution is -0.139. The monoisotopic (exact) mass is 287 g/mol. The van der Waals surface area contributed by atoms with Crippen LogP contribution >= 0.6 is 0 Å². The number of amides is 4. The standard InChI is InChI=1S/C11H17N3O6/c1-2-7-9(17)13-8(16)5-14(7)11(20)12-6(3-4-15)10(18)19/h6-7,15H,2-5H2,1H3,(H,12,20)(H,18,19)(H,13,16,17). The Bertz CT molecular complexity index is 424. The second kappa shape index (κ2) is 6.85. The number of carbonyl (C=O) groups is 4. The molecule has 1 aliphatic heterocycles. The molecular formula is C11H17N3O6. The largest absolute Gasteiger partial charge is 0.480 e. The molecule has 9 heteroatoms. The lowest BCUT2D eigenvalue weighted by atomic mass is 10.1. The molecule has 1 heterocycles. The molecule has 2 atom stereocenters. The smallest absolute Gasteiger partial charge is 0.326 e. The van der Waals surface area contributed by atoms with Crippen molar-refractivity contribution in [2.75, 3.05) is 13.2 Å². The van der Waals surface area contributed by atoms with Gasteiger partial charge in [-0.05, 0) is 6.42 Å². The Balaban J connectivity index is 2.79. The molecule has 0 aromatic heterocycles. The van der Waals surface area contributed by atoms with E-state index in [0.717, 1.165) is 4.90 Å². The number of aliphatic carboxylic acids is 1. The van der Waals surface area contributed by atoms with Gasteiger partial charge in [-0.25, -0.2) is 9.59 Å². The van der Waals surface area contributed by atoms with E-state index in [1.165, 1.54) is 0 Å². The lowest BCUT2D eigenvalue weighted by Gasteiger charge is -2.34. The fourth-order valence-electron chi connectivity index (χ4n) is 1.90. The van der Waals surface area contributed by atoms with Crippen LogP contribution in [0, 0.1) is 0 Å². The normalized spacial score (nSPS) is 20.3. The van der Waals surface area contributed by atoms with Crippen LogP contribution in [0.15, 0.2) is 0 Å². The van der Waals surface area contributed by atoms with Gasteiger partial charge in [0.1, 0.15) is 18.6 Å². The minimum Gasteiger partial charge on any atom is -0.480 e. The van der Waals surface area contributed by atoms with E-state index < -0.39 is 42.5 Å². The van der Waals surface area contributed by atoms with Crippen LogP contribution in [-0.4, -0.2) is 64.2 Å². The maximum absolute atomic E-state index is 12.0. The Kier molecular flexibility index (Phi) is 5.44. The summed E-state index contributed by atoms with van der Waals surface area (Å²) in [6.07, 6.45) is 0.135. The van der Waals surface area contributed by atoms with Crippen LogP contribution in [0.1, 0.15) is 19.8 Å². The maximum atomic E-state index is 12.0. The topological polar surface area (TPSA) is 136 Å². The Labute approximate surface area is 114 Å². The maximum Gasteiger partial charge on any atom is 0.326 e. The molecule has 1 aliphatic rings. The molecule has 9 nitrogen and oxygen atoms in total. The highest BCUT2D eigenvalue weighted by Gasteiger charge is 2.36. The number of nitrogens with one attached hydrogen (secondary N) is 2. The van der Waals surface area contributed by atoms with Gasteiger partial charge in [0.05, 0.1) is 0 Å². The third kappa shape index (κ3) is 3.67. The van der Waals surface area contributed by atoms with Gasteiger partial charge in [0.2, 0.25) is 11.8 Å². The first-order valence-electron chi connectivity index (χ1n) is 6.15. The molecule has 1 rings (SSSR count). The number of aliphatic hydroxyl groups is 1. The van der Waals surface area contributed by atoms with Crippen LogP contribution in [-0.2, 0) is 14.4 Å². The molecule has 20 heavy (non-hydrogen) atoms. The third-order valence-electron chi connectivity index (χ3n) is 2.92. The molecule has 4 amide bonds. The summed E-state index contributed by atoms with van der Waals surface area (Å²) in [5, 5.41) is 21.9. The minimum atomic E-state index is -1.30. The lowest BCUT2D eigenvalue weighted by Crippen LogP contribution is -2.62. The number of carboxylic acids is 1. The summed E-state index contributed by atoms with van der Waals surface area (Å²) in [4.78, 5) is 46.7. The van der Waals surface area contributed by atoms with Crippen LogP contribution in [0.25, 0.3) is 0 Å². The van der Waals surface area contributed by atoms with Crippen LogP contribution in [0.2, 0.25) is 0 Å². The van der Waals surface area contributed by atoms with Crippen molar-refractivity contribution in [3.8, 4) is 0 Å². The van der Waals surface area contributed by atoms with Crippen molar-refractivity contribution in [1.82, 2.24) is 15.5 Å². The van der Waals surface area contributed by atoms with Gasteiger partial charge >= 0.3 is 12.0 Å².